The lowest BCUT2D eigenvalue weighted by Crippen LogP contribution is -2.14. The summed E-state index contributed by atoms with van der Waals surface area (Å²) in [5, 5.41) is 25.6. The van der Waals surface area contributed by atoms with Gasteiger partial charge >= 0.3 is 11.9 Å². The molecule has 0 aromatic rings. The highest BCUT2D eigenvalue weighted by Gasteiger charge is 2.60. The fourth-order valence-electron chi connectivity index (χ4n) is 1.28. The molecule has 1 fully saturated rings. The lowest BCUT2D eigenvalue weighted by atomic mass is 10.1. The monoisotopic (exact) mass is 195 g/mol. The summed E-state index contributed by atoms with van der Waals surface area (Å²) < 4.78 is 0. The van der Waals surface area contributed by atoms with Crippen LogP contribution in [0.15, 0.2) is 12.2 Å². The maximum atomic E-state index is 10.6. The van der Waals surface area contributed by atoms with Gasteiger partial charge in [0.2, 0.25) is 0 Å². The van der Waals surface area contributed by atoms with E-state index < -0.39 is 17.4 Å². The molecule has 1 aliphatic carbocycles. The lowest BCUT2D eigenvalue weighted by Gasteiger charge is -1.96. The molecule has 5 nitrogen and oxygen atoms in total. The van der Waals surface area contributed by atoms with Crippen LogP contribution in [0.1, 0.15) is 12.8 Å². The van der Waals surface area contributed by atoms with Gasteiger partial charge < -0.3 is 10.2 Å². The van der Waals surface area contributed by atoms with E-state index in [1.165, 1.54) is 12.2 Å². The van der Waals surface area contributed by atoms with Gasteiger partial charge in [0.05, 0.1) is 12.5 Å². The van der Waals surface area contributed by atoms with E-state index in [1.807, 2.05) is 0 Å². The molecule has 1 saturated carbocycles. The number of carboxylic acid groups (broad SMARTS) is 2. The van der Waals surface area contributed by atoms with Crippen molar-refractivity contribution in [3.05, 3.63) is 12.2 Å². The van der Waals surface area contributed by atoms with Gasteiger partial charge in [-0.1, -0.05) is 12.2 Å². The average Bonchev–Trinajstić information content (AvgIpc) is 2.79. The molecule has 0 amide bonds. The van der Waals surface area contributed by atoms with Crippen LogP contribution in [0.3, 0.4) is 0 Å². The third kappa shape index (κ3) is 1.74. The second kappa shape index (κ2) is 3.50. The molecule has 14 heavy (non-hydrogen) atoms. The zero-order valence-electron chi connectivity index (χ0n) is 7.30. The largest absolute Gasteiger partial charge is 0.481 e. The molecule has 5 heteroatoms. The molecule has 0 heterocycles. The van der Waals surface area contributed by atoms with Crippen molar-refractivity contribution < 1.29 is 19.8 Å². The van der Waals surface area contributed by atoms with Crippen molar-refractivity contribution in [2.45, 2.75) is 12.8 Å². The molecular weight excluding hydrogens is 186 g/mol. The first kappa shape index (κ1) is 10.3. The molecule has 74 valence electrons. The second-order valence-electron chi connectivity index (χ2n) is 3.22. The maximum absolute atomic E-state index is 10.6. The van der Waals surface area contributed by atoms with Crippen molar-refractivity contribution in [1.82, 2.24) is 0 Å². The van der Waals surface area contributed by atoms with Crippen molar-refractivity contribution >= 4 is 11.9 Å². The fourth-order valence-corrected chi connectivity index (χ4v) is 1.28. The number of carboxylic acids is 2. The van der Waals surface area contributed by atoms with Crippen LogP contribution in [-0.2, 0) is 9.59 Å². The number of nitriles is 1. The minimum absolute atomic E-state index is 0.141. The number of hydrogen-bond acceptors (Lipinski definition) is 3. The van der Waals surface area contributed by atoms with Crippen LogP contribution >= 0.6 is 0 Å². The Balaban J connectivity index is 2.53. The Hall–Kier alpha value is -1.83. The van der Waals surface area contributed by atoms with Gasteiger partial charge in [-0.15, -0.1) is 0 Å². The number of nitrogens with zero attached hydrogens (tertiary/aromatic N) is 1. The van der Waals surface area contributed by atoms with E-state index in [0.29, 0.717) is 0 Å². The minimum Gasteiger partial charge on any atom is -0.481 e. The molecule has 1 rings (SSSR count). The summed E-state index contributed by atoms with van der Waals surface area (Å²) in [5.74, 6) is -2.45. The summed E-state index contributed by atoms with van der Waals surface area (Å²) in [7, 11) is 0. The van der Waals surface area contributed by atoms with Crippen molar-refractivity contribution in [3.63, 3.8) is 0 Å². The van der Waals surface area contributed by atoms with Gasteiger partial charge in [0.25, 0.3) is 0 Å². The van der Waals surface area contributed by atoms with Gasteiger partial charge in [-0.25, -0.2) is 0 Å². The Morgan fingerprint density at radius 1 is 1.57 bits per heavy atom. The molecule has 2 atom stereocenters. The van der Waals surface area contributed by atoms with Crippen molar-refractivity contribution in [3.8, 4) is 6.07 Å². The topological polar surface area (TPSA) is 98.4 Å². The lowest BCUT2D eigenvalue weighted by molar-refractivity contribution is -0.141. The van der Waals surface area contributed by atoms with E-state index in [2.05, 4.69) is 0 Å². The van der Waals surface area contributed by atoms with Gasteiger partial charge in [0.1, 0.15) is 0 Å². The minimum atomic E-state index is -1.31. The van der Waals surface area contributed by atoms with Crippen LogP contribution in [-0.4, -0.2) is 22.2 Å². The first-order valence-corrected chi connectivity index (χ1v) is 4.06. The predicted octanol–water partition coefficient (Wildman–Crippen LogP) is 0.632. The number of allylic oxidation sites excluding steroid dienone is 1. The molecule has 0 bridgehead atoms. The Morgan fingerprint density at radius 2 is 2.21 bits per heavy atom. The molecule has 0 aromatic heterocycles. The summed E-state index contributed by atoms with van der Waals surface area (Å²) in [4.78, 5) is 20.8. The van der Waals surface area contributed by atoms with Crippen molar-refractivity contribution in [2.75, 3.05) is 0 Å². The van der Waals surface area contributed by atoms with E-state index in [1.54, 1.807) is 6.07 Å². The number of carbonyl (C=O) groups is 2. The number of hydrogen-bond donors (Lipinski definition) is 2. The zero-order chi connectivity index (χ0) is 10.8. The summed E-state index contributed by atoms with van der Waals surface area (Å²) in [6.07, 6.45) is 3.01. The quantitative estimate of drug-likeness (QED) is 0.641. The molecule has 2 N–H and O–H groups in total. The summed E-state index contributed by atoms with van der Waals surface area (Å²) in [6.45, 7) is 0. The van der Waals surface area contributed by atoms with Crippen molar-refractivity contribution in [1.29, 1.82) is 5.26 Å². The van der Waals surface area contributed by atoms with E-state index in [-0.39, 0.29) is 18.8 Å². The summed E-state index contributed by atoms with van der Waals surface area (Å²) >= 11 is 0. The van der Waals surface area contributed by atoms with E-state index in [9.17, 15) is 9.59 Å². The summed E-state index contributed by atoms with van der Waals surface area (Å²) in [5.41, 5.74) is -1.31. The smallest absolute Gasteiger partial charge is 0.324 e. The van der Waals surface area contributed by atoms with Crippen LogP contribution in [0, 0.1) is 22.7 Å². The van der Waals surface area contributed by atoms with E-state index in [0.717, 1.165) is 0 Å². The first-order valence-electron chi connectivity index (χ1n) is 4.06. The van der Waals surface area contributed by atoms with Gasteiger partial charge in [0.15, 0.2) is 5.41 Å². The molecule has 0 saturated heterocycles. The Labute approximate surface area is 80.3 Å². The van der Waals surface area contributed by atoms with E-state index >= 15 is 0 Å². The van der Waals surface area contributed by atoms with Crippen LogP contribution in [0.4, 0.5) is 0 Å². The molecule has 0 aromatic carbocycles. The van der Waals surface area contributed by atoms with Crippen LogP contribution in [0.25, 0.3) is 0 Å². The van der Waals surface area contributed by atoms with Gasteiger partial charge in [-0.05, 0) is 6.42 Å². The highest BCUT2D eigenvalue weighted by molar-refractivity contribution is 5.82. The SMILES string of the molecule is N#CC1(C(=O)O)CC1C=CCC(=O)O. The zero-order valence-corrected chi connectivity index (χ0v) is 7.30. The number of rotatable bonds is 4. The molecular formula is C9H9NO4. The predicted molar refractivity (Wildman–Crippen MR) is 45.2 cm³/mol. The van der Waals surface area contributed by atoms with Gasteiger partial charge in [-0.2, -0.15) is 5.26 Å². The Bertz CT molecular complexity index is 341. The fraction of sp³-hybridized carbons (Fsp3) is 0.444. The normalized spacial score (nSPS) is 29.8. The average molecular weight is 195 g/mol. The number of aliphatic carboxylic acids is 2. The highest BCUT2D eigenvalue weighted by atomic mass is 16.4. The van der Waals surface area contributed by atoms with Gasteiger partial charge in [0, 0.05) is 5.92 Å². The molecule has 0 aliphatic heterocycles. The molecule has 2 unspecified atom stereocenters. The van der Waals surface area contributed by atoms with E-state index in [4.69, 9.17) is 15.5 Å². The Kier molecular flexibility index (Phi) is 2.56. The molecule has 0 spiro atoms. The highest BCUT2D eigenvalue weighted by Crippen LogP contribution is 2.53. The third-order valence-electron chi connectivity index (χ3n) is 2.26. The van der Waals surface area contributed by atoms with Crippen LogP contribution in [0.5, 0.6) is 0 Å². The van der Waals surface area contributed by atoms with Crippen LogP contribution in [0.2, 0.25) is 0 Å². The maximum Gasteiger partial charge on any atom is 0.324 e. The molecule has 1 aliphatic rings. The summed E-state index contributed by atoms with van der Waals surface area (Å²) in [6, 6.07) is 1.74. The van der Waals surface area contributed by atoms with Crippen molar-refractivity contribution in [2.24, 2.45) is 11.3 Å². The van der Waals surface area contributed by atoms with Crippen LogP contribution < -0.4 is 0 Å². The third-order valence-corrected chi connectivity index (χ3v) is 2.26. The second-order valence-corrected chi connectivity index (χ2v) is 3.22. The first-order chi connectivity index (χ1) is 6.53. The molecule has 0 radical (unpaired) electrons. The Morgan fingerprint density at radius 3 is 2.57 bits per heavy atom. The van der Waals surface area contributed by atoms with Gasteiger partial charge in [-0.3, -0.25) is 9.59 Å². The standard InChI is InChI=1S/C9H9NO4/c10-5-9(8(13)14)4-6(9)2-1-3-7(11)12/h1-2,6H,3-4H2,(H,11,12)(H,13,14).